The van der Waals surface area contributed by atoms with Crippen LogP contribution in [0, 0.1) is 0 Å². The van der Waals surface area contributed by atoms with E-state index in [2.05, 4.69) is 0 Å². The molecule has 1 N–H and O–H groups in total. The molecule has 17 heavy (non-hydrogen) atoms. The first-order chi connectivity index (χ1) is 8.15. The molecule has 0 aliphatic heterocycles. The molecular formula is C12H10Cl2O2S. The van der Waals surface area contributed by atoms with Gasteiger partial charge < -0.3 is 9.84 Å². The molecule has 2 nitrogen and oxygen atoms in total. The normalized spacial score (nSPS) is 12.5. The SMILES string of the molecule is COc1cccc(Cl)c1C(O)c1sccc1Cl. The van der Waals surface area contributed by atoms with E-state index in [9.17, 15) is 5.11 Å². The van der Waals surface area contributed by atoms with Gasteiger partial charge in [0.05, 0.1) is 22.0 Å². The number of ether oxygens (including phenoxy) is 1. The molecule has 0 amide bonds. The molecule has 0 aliphatic rings. The molecule has 0 spiro atoms. The van der Waals surface area contributed by atoms with Crippen molar-refractivity contribution in [3.8, 4) is 5.75 Å². The van der Waals surface area contributed by atoms with Crippen molar-refractivity contribution in [1.82, 2.24) is 0 Å². The number of benzene rings is 1. The van der Waals surface area contributed by atoms with Crippen molar-refractivity contribution in [2.45, 2.75) is 6.10 Å². The molecule has 0 radical (unpaired) electrons. The van der Waals surface area contributed by atoms with Gasteiger partial charge in [0.1, 0.15) is 11.9 Å². The summed E-state index contributed by atoms with van der Waals surface area (Å²) in [5.41, 5.74) is 0.543. The van der Waals surface area contributed by atoms with Crippen molar-refractivity contribution in [1.29, 1.82) is 0 Å². The van der Waals surface area contributed by atoms with Gasteiger partial charge in [0.15, 0.2) is 0 Å². The standard InChI is InChI=1S/C12H10Cl2O2S/c1-16-9-4-2-3-7(13)10(9)11(15)12-8(14)5-6-17-12/h2-6,11,15H,1H3. The average Bonchev–Trinajstić information content (AvgIpc) is 2.74. The van der Waals surface area contributed by atoms with Gasteiger partial charge in [0.25, 0.3) is 0 Å². The Morgan fingerprint density at radius 2 is 2.00 bits per heavy atom. The summed E-state index contributed by atoms with van der Waals surface area (Å²) in [5.74, 6) is 0.550. The van der Waals surface area contributed by atoms with E-state index in [1.807, 2.05) is 5.38 Å². The maximum atomic E-state index is 10.3. The Bertz CT molecular complexity index is 525. The second-order valence-electron chi connectivity index (χ2n) is 3.39. The van der Waals surface area contributed by atoms with E-state index in [0.29, 0.717) is 26.2 Å². The Morgan fingerprint density at radius 1 is 1.24 bits per heavy atom. The highest BCUT2D eigenvalue weighted by Crippen LogP contribution is 2.39. The lowest BCUT2D eigenvalue weighted by Crippen LogP contribution is -2.02. The maximum Gasteiger partial charge on any atom is 0.126 e. The van der Waals surface area contributed by atoms with Crippen molar-refractivity contribution in [3.63, 3.8) is 0 Å². The van der Waals surface area contributed by atoms with Gasteiger partial charge in [0.2, 0.25) is 0 Å². The molecule has 2 aromatic rings. The Balaban J connectivity index is 2.50. The predicted molar refractivity (Wildman–Crippen MR) is 71.4 cm³/mol. The minimum Gasteiger partial charge on any atom is -0.496 e. The van der Waals surface area contributed by atoms with Crippen LogP contribution in [0.5, 0.6) is 5.75 Å². The fraction of sp³-hybridized carbons (Fsp3) is 0.167. The quantitative estimate of drug-likeness (QED) is 0.920. The molecule has 1 aromatic carbocycles. The monoisotopic (exact) mass is 288 g/mol. The van der Waals surface area contributed by atoms with Crippen LogP contribution in [0.15, 0.2) is 29.6 Å². The number of aliphatic hydroxyl groups is 1. The first-order valence-electron chi connectivity index (χ1n) is 4.88. The summed E-state index contributed by atoms with van der Waals surface area (Å²) in [5, 5.41) is 13.1. The number of halogens is 2. The van der Waals surface area contributed by atoms with Gasteiger partial charge in [-0.3, -0.25) is 0 Å². The second kappa shape index (κ2) is 5.27. The summed E-state index contributed by atoms with van der Waals surface area (Å²) in [6, 6.07) is 6.98. The van der Waals surface area contributed by atoms with Crippen molar-refractivity contribution in [2.24, 2.45) is 0 Å². The highest BCUT2D eigenvalue weighted by Gasteiger charge is 2.21. The second-order valence-corrected chi connectivity index (χ2v) is 5.15. The number of methoxy groups -OCH3 is 1. The number of rotatable bonds is 3. The summed E-state index contributed by atoms with van der Waals surface area (Å²) < 4.78 is 5.20. The Morgan fingerprint density at radius 3 is 2.59 bits per heavy atom. The first kappa shape index (κ1) is 12.7. The van der Waals surface area contributed by atoms with Crippen molar-refractivity contribution >= 4 is 34.5 Å². The first-order valence-corrected chi connectivity index (χ1v) is 6.52. The third-order valence-corrected chi connectivity index (χ3v) is 4.14. The van der Waals surface area contributed by atoms with E-state index in [1.54, 1.807) is 24.3 Å². The van der Waals surface area contributed by atoms with Crippen LogP contribution in [0.3, 0.4) is 0 Å². The molecule has 0 fully saturated rings. The molecule has 5 heteroatoms. The van der Waals surface area contributed by atoms with Crippen LogP contribution in [0.4, 0.5) is 0 Å². The van der Waals surface area contributed by atoms with Crippen LogP contribution < -0.4 is 4.74 Å². The molecule has 0 aliphatic carbocycles. The highest BCUT2D eigenvalue weighted by molar-refractivity contribution is 7.10. The smallest absolute Gasteiger partial charge is 0.126 e. The van der Waals surface area contributed by atoms with Gasteiger partial charge in [-0.05, 0) is 23.6 Å². The van der Waals surface area contributed by atoms with E-state index in [4.69, 9.17) is 27.9 Å². The molecule has 0 bridgehead atoms. The van der Waals surface area contributed by atoms with Crippen molar-refractivity contribution < 1.29 is 9.84 Å². The predicted octanol–water partition coefficient (Wildman–Crippen LogP) is 4.15. The zero-order valence-corrected chi connectivity index (χ0v) is 11.3. The molecule has 90 valence electrons. The van der Waals surface area contributed by atoms with Crippen LogP contribution in [-0.4, -0.2) is 12.2 Å². The van der Waals surface area contributed by atoms with Gasteiger partial charge in [-0.15, -0.1) is 11.3 Å². The lowest BCUT2D eigenvalue weighted by molar-refractivity contribution is 0.218. The fourth-order valence-electron chi connectivity index (χ4n) is 1.59. The van der Waals surface area contributed by atoms with Gasteiger partial charge in [-0.1, -0.05) is 29.3 Å². The van der Waals surface area contributed by atoms with Crippen LogP contribution in [0.1, 0.15) is 16.5 Å². The lowest BCUT2D eigenvalue weighted by atomic mass is 10.1. The molecule has 1 atom stereocenters. The van der Waals surface area contributed by atoms with Crippen molar-refractivity contribution in [3.05, 3.63) is 50.1 Å². The van der Waals surface area contributed by atoms with E-state index in [0.717, 1.165) is 0 Å². The largest absolute Gasteiger partial charge is 0.496 e. The third kappa shape index (κ3) is 2.43. The third-order valence-electron chi connectivity index (χ3n) is 2.40. The minimum atomic E-state index is -0.869. The fourth-order valence-corrected chi connectivity index (χ4v) is 3.01. The summed E-state index contributed by atoms with van der Waals surface area (Å²) >= 11 is 13.5. The summed E-state index contributed by atoms with van der Waals surface area (Å²) in [4.78, 5) is 0.665. The zero-order valence-electron chi connectivity index (χ0n) is 8.98. The zero-order chi connectivity index (χ0) is 12.4. The Labute approximate surface area is 113 Å². The summed E-state index contributed by atoms with van der Waals surface area (Å²) in [6.07, 6.45) is -0.869. The molecule has 0 saturated carbocycles. The Kier molecular flexibility index (Phi) is 3.94. The highest BCUT2D eigenvalue weighted by atomic mass is 35.5. The van der Waals surface area contributed by atoms with Gasteiger partial charge in [-0.2, -0.15) is 0 Å². The van der Waals surface area contributed by atoms with Gasteiger partial charge in [-0.25, -0.2) is 0 Å². The van der Waals surface area contributed by atoms with Gasteiger partial charge in [0, 0.05) is 5.56 Å². The van der Waals surface area contributed by atoms with E-state index in [1.165, 1.54) is 18.4 Å². The molecule has 0 saturated heterocycles. The number of hydrogen-bond acceptors (Lipinski definition) is 3. The van der Waals surface area contributed by atoms with Crippen molar-refractivity contribution in [2.75, 3.05) is 7.11 Å². The number of aliphatic hydroxyl groups excluding tert-OH is 1. The topological polar surface area (TPSA) is 29.5 Å². The van der Waals surface area contributed by atoms with E-state index in [-0.39, 0.29) is 0 Å². The molecule has 2 rings (SSSR count). The number of thiophene rings is 1. The maximum absolute atomic E-state index is 10.3. The summed E-state index contributed by atoms with van der Waals surface area (Å²) in [7, 11) is 1.54. The molecule has 1 heterocycles. The lowest BCUT2D eigenvalue weighted by Gasteiger charge is -2.15. The van der Waals surface area contributed by atoms with Crippen LogP contribution in [0.25, 0.3) is 0 Å². The summed E-state index contributed by atoms with van der Waals surface area (Å²) in [6.45, 7) is 0. The molecule has 1 aromatic heterocycles. The van der Waals surface area contributed by atoms with Gasteiger partial charge >= 0.3 is 0 Å². The molecule has 1 unspecified atom stereocenters. The Hall–Kier alpha value is -0.740. The molecular weight excluding hydrogens is 279 g/mol. The minimum absolute atomic E-state index is 0.460. The van der Waals surface area contributed by atoms with E-state index >= 15 is 0 Å². The van der Waals surface area contributed by atoms with E-state index < -0.39 is 6.10 Å². The number of hydrogen-bond donors (Lipinski definition) is 1. The van der Waals surface area contributed by atoms with Crippen LogP contribution in [0.2, 0.25) is 10.0 Å². The average molecular weight is 289 g/mol. The van der Waals surface area contributed by atoms with Crippen LogP contribution in [-0.2, 0) is 0 Å². The van der Waals surface area contributed by atoms with Crippen LogP contribution >= 0.6 is 34.5 Å².